The summed E-state index contributed by atoms with van der Waals surface area (Å²) in [6.07, 6.45) is -1.90. The van der Waals surface area contributed by atoms with E-state index in [4.69, 9.17) is 4.74 Å². The minimum Gasteiger partial charge on any atom is -0.462 e. The number of rotatable bonds is 5. The number of benzene rings is 4. The van der Waals surface area contributed by atoms with Crippen LogP contribution in [0.25, 0.3) is 33.0 Å². The van der Waals surface area contributed by atoms with Crippen molar-refractivity contribution in [3.63, 3.8) is 0 Å². The molecule has 1 N–H and O–H groups in total. The summed E-state index contributed by atoms with van der Waals surface area (Å²) in [5.41, 5.74) is 4.47. The molecule has 0 amide bonds. The van der Waals surface area contributed by atoms with Crippen molar-refractivity contribution in [1.29, 1.82) is 0 Å². The Kier molecular flexibility index (Phi) is 6.23. The molecule has 2 aliphatic rings. The molecule has 0 spiro atoms. The van der Waals surface area contributed by atoms with Gasteiger partial charge in [0.25, 0.3) is 0 Å². The van der Waals surface area contributed by atoms with Crippen LogP contribution in [0.4, 0.5) is 13.2 Å². The molecule has 0 radical (unpaired) electrons. The normalized spacial score (nSPS) is 20.7. The number of hydrogen-bond donors (Lipinski definition) is 1. The maximum atomic E-state index is 13.0. The molecule has 1 saturated carbocycles. The summed E-state index contributed by atoms with van der Waals surface area (Å²) in [4.78, 5) is 12.7. The van der Waals surface area contributed by atoms with Crippen molar-refractivity contribution in [3.8, 4) is 22.3 Å². The van der Waals surface area contributed by atoms with E-state index in [9.17, 15) is 18.0 Å². The standard InChI is InChI=1S/C32H28F3NO2/c1-2-38-31(37)25-16-24-15-23(20-7-10-26(11-8-20)32(33,34)35)9-12-27(24)28(17-25)21-3-5-22(6-4-21)29-13-19-14-30(29)36-18-19/h3-12,15-17,19,29-30,36H,2,13-14,18H2,1H3/t19-,29+,30-/m0/s1. The van der Waals surface area contributed by atoms with E-state index in [1.807, 2.05) is 24.3 Å². The summed E-state index contributed by atoms with van der Waals surface area (Å²) in [7, 11) is 0. The number of hydrogen-bond acceptors (Lipinski definition) is 3. The van der Waals surface area contributed by atoms with Gasteiger partial charge in [-0.1, -0.05) is 48.5 Å². The molecule has 4 aromatic rings. The lowest BCUT2D eigenvalue weighted by Gasteiger charge is -2.23. The summed E-state index contributed by atoms with van der Waals surface area (Å²) < 4.78 is 44.4. The topological polar surface area (TPSA) is 38.3 Å². The highest BCUT2D eigenvalue weighted by atomic mass is 19.4. The second kappa shape index (κ2) is 9.59. The molecule has 0 aromatic heterocycles. The average Bonchev–Trinajstić information content (AvgIpc) is 3.56. The highest BCUT2D eigenvalue weighted by molar-refractivity contribution is 6.04. The predicted octanol–water partition coefficient (Wildman–Crippen LogP) is 7.83. The van der Waals surface area contributed by atoms with Crippen LogP contribution in [0.5, 0.6) is 0 Å². The monoisotopic (exact) mass is 515 g/mol. The highest BCUT2D eigenvalue weighted by Crippen LogP contribution is 2.43. The molecule has 1 saturated heterocycles. The van der Waals surface area contributed by atoms with E-state index in [0.717, 1.165) is 52.1 Å². The smallest absolute Gasteiger partial charge is 0.416 e. The lowest BCUT2D eigenvalue weighted by atomic mass is 9.89. The van der Waals surface area contributed by atoms with Gasteiger partial charge < -0.3 is 10.1 Å². The van der Waals surface area contributed by atoms with Crippen molar-refractivity contribution in [2.24, 2.45) is 5.92 Å². The van der Waals surface area contributed by atoms with Gasteiger partial charge in [0.1, 0.15) is 0 Å². The van der Waals surface area contributed by atoms with Crippen molar-refractivity contribution in [2.45, 2.75) is 37.9 Å². The molecular weight excluding hydrogens is 487 g/mol. The van der Waals surface area contributed by atoms with Crippen LogP contribution in [0.2, 0.25) is 0 Å². The quantitative estimate of drug-likeness (QED) is 0.275. The fourth-order valence-electron chi connectivity index (χ4n) is 6.10. The second-order valence-electron chi connectivity index (χ2n) is 10.3. The summed E-state index contributed by atoms with van der Waals surface area (Å²) in [5, 5.41) is 5.41. The Labute approximate surface area is 219 Å². The van der Waals surface area contributed by atoms with Gasteiger partial charge in [0.05, 0.1) is 17.7 Å². The zero-order valence-corrected chi connectivity index (χ0v) is 21.0. The van der Waals surface area contributed by atoms with E-state index in [1.165, 1.54) is 30.5 Å². The molecule has 6 heteroatoms. The van der Waals surface area contributed by atoms with Crippen molar-refractivity contribution in [3.05, 3.63) is 95.6 Å². The first-order valence-corrected chi connectivity index (χ1v) is 13.1. The first kappa shape index (κ1) is 24.7. The van der Waals surface area contributed by atoms with Crippen molar-refractivity contribution in [2.75, 3.05) is 13.2 Å². The van der Waals surface area contributed by atoms with Gasteiger partial charge in [0.15, 0.2) is 0 Å². The minimum absolute atomic E-state index is 0.268. The molecule has 0 unspecified atom stereocenters. The highest BCUT2D eigenvalue weighted by Gasteiger charge is 2.39. The first-order chi connectivity index (χ1) is 18.3. The fraction of sp³-hybridized carbons (Fsp3) is 0.281. The number of halogens is 3. The van der Waals surface area contributed by atoms with Gasteiger partial charge in [-0.25, -0.2) is 4.79 Å². The Morgan fingerprint density at radius 2 is 1.61 bits per heavy atom. The van der Waals surface area contributed by atoms with Gasteiger partial charge in [0.2, 0.25) is 0 Å². The fourth-order valence-corrected chi connectivity index (χ4v) is 6.10. The van der Waals surface area contributed by atoms with Crippen LogP contribution in [0.3, 0.4) is 0 Å². The van der Waals surface area contributed by atoms with Crippen LogP contribution in [-0.2, 0) is 10.9 Å². The molecule has 2 bridgehead atoms. The van der Waals surface area contributed by atoms with Crippen LogP contribution < -0.4 is 5.32 Å². The van der Waals surface area contributed by atoms with Crippen molar-refractivity contribution >= 4 is 16.7 Å². The van der Waals surface area contributed by atoms with Crippen LogP contribution in [0.15, 0.2) is 78.9 Å². The third-order valence-electron chi connectivity index (χ3n) is 7.99. The zero-order chi connectivity index (χ0) is 26.4. The van der Waals surface area contributed by atoms with Crippen molar-refractivity contribution < 1.29 is 22.7 Å². The molecule has 3 nitrogen and oxygen atoms in total. The lowest BCUT2D eigenvalue weighted by molar-refractivity contribution is -0.137. The number of esters is 1. The Bertz CT molecular complexity index is 1490. The Morgan fingerprint density at radius 1 is 0.895 bits per heavy atom. The van der Waals surface area contributed by atoms with E-state index in [1.54, 1.807) is 13.0 Å². The van der Waals surface area contributed by atoms with Gasteiger partial charge in [-0.3, -0.25) is 0 Å². The Morgan fingerprint density at radius 3 is 2.24 bits per heavy atom. The number of carbonyl (C=O) groups is 1. The first-order valence-electron chi connectivity index (χ1n) is 13.1. The number of carbonyl (C=O) groups excluding carboxylic acids is 1. The van der Waals surface area contributed by atoms with Crippen LogP contribution >= 0.6 is 0 Å². The van der Waals surface area contributed by atoms with Crippen LogP contribution in [0, 0.1) is 5.92 Å². The van der Waals surface area contributed by atoms with E-state index < -0.39 is 17.7 Å². The molecule has 38 heavy (non-hydrogen) atoms. The number of piperidine rings is 1. The van der Waals surface area contributed by atoms with Gasteiger partial charge in [-0.05, 0) is 107 Å². The number of ether oxygens (including phenoxy) is 1. The maximum Gasteiger partial charge on any atom is 0.416 e. The van der Waals surface area contributed by atoms with E-state index in [-0.39, 0.29) is 6.61 Å². The number of alkyl halides is 3. The SMILES string of the molecule is CCOC(=O)c1cc(-c2ccc([C@H]3C[C@@H]4CN[C@H]3C4)cc2)c2ccc(-c3ccc(C(F)(F)F)cc3)cc2c1. The maximum absolute atomic E-state index is 13.0. The Hall–Kier alpha value is -3.64. The molecule has 6 rings (SSSR count). The molecule has 3 atom stereocenters. The third kappa shape index (κ3) is 4.58. The van der Waals surface area contributed by atoms with Crippen LogP contribution in [0.1, 0.15) is 47.2 Å². The number of nitrogens with one attached hydrogen (secondary N) is 1. The molecular formula is C32H28F3NO2. The average molecular weight is 516 g/mol. The lowest BCUT2D eigenvalue weighted by Crippen LogP contribution is -2.31. The zero-order valence-electron chi connectivity index (χ0n) is 21.0. The molecule has 4 aromatic carbocycles. The summed E-state index contributed by atoms with van der Waals surface area (Å²) in [6, 6.07) is 23.8. The van der Waals surface area contributed by atoms with Crippen LogP contribution in [-0.4, -0.2) is 25.2 Å². The van der Waals surface area contributed by atoms with Gasteiger partial charge in [0, 0.05) is 6.04 Å². The summed E-state index contributed by atoms with van der Waals surface area (Å²) in [5.74, 6) is 0.908. The van der Waals surface area contributed by atoms with Gasteiger partial charge in [-0.2, -0.15) is 13.2 Å². The van der Waals surface area contributed by atoms with Crippen molar-refractivity contribution in [1.82, 2.24) is 5.32 Å². The van der Waals surface area contributed by atoms with Gasteiger partial charge >= 0.3 is 12.1 Å². The number of fused-ring (bicyclic) bond motifs is 3. The molecule has 1 aliphatic heterocycles. The van der Waals surface area contributed by atoms with Gasteiger partial charge in [-0.15, -0.1) is 0 Å². The molecule has 1 heterocycles. The van der Waals surface area contributed by atoms with E-state index >= 15 is 0 Å². The third-order valence-corrected chi connectivity index (χ3v) is 7.99. The second-order valence-corrected chi connectivity index (χ2v) is 10.3. The summed E-state index contributed by atoms with van der Waals surface area (Å²) in [6.45, 7) is 3.16. The molecule has 2 fully saturated rings. The predicted molar refractivity (Wildman–Crippen MR) is 143 cm³/mol. The minimum atomic E-state index is -4.38. The molecule has 194 valence electrons. The van der Waals surface area contributed by atoms with E-state index in [2.05, 4.69) is 29.6 Å². The molecule has 1 aliphatic carbocycles. The largest absolute Gasteiger partial charge is 0.462 e. The Balaban J connectivity index is 1.39. The van der Waals surface area contributed by atoms with E-state index in [0.29, 0.717) is 23.1 Å². The summed E-state index contributed by atoms with van der Waals surface area (Å²) >= 11 is 0.